The van der Waals surface area contributed by atoms with Gasteiger partial charge in [-0.05, 0) is 30.7 Å². The molecule has 0 bridgehead atoms. The molecule has 1 aromatic rings. The molecule has 5 heteroatoms. The number of hydrogen-bond acceptors (Lipinski definition) is 3. The summed E-state index contributed by atoms with van der Waals surface area (Å²) in [5.74, 6) is -1.24. The minimum absolute atomic E-state index is 0.152. The Kier molecular flexibility index (Phi) is 4.92. The van der Waals surface area contributed by atoms with Gasteiger partial charge < -0.3 is 15.1 Å². The molecule has 0 saturated heterocycles. The zero-order valence-electron chi connectivity index (χ0n) is 10.0. The number of nitrogens with zero attached hydrogens (tertiary/aromatic N) is 1. The van der Waals surface area contributed by atoms with Gasteiger partial charge in [0.25, 0.3) is 0 Å². The highest BCUT2D eigenvalue weighted by Gasteiger charge is 2.11. The van der Waals surface area contributed by atoms with Crippen LogP contribution < -0.4 is 0 Å². The molecule has 1 aromatic carbocycles. The first-order valence-electron chi connectivity index (χ1n) is 5.50. The first-order valence-corrected chi connectivity index (χ1v) is 5.50. The van der Waals surface area contributed by atoms with Gasteiger partial charge in [-0.2, -0.15) is 0 Å². The van der Waals surface area contributed by atoms with E-state index in [0.29, 0.717) is 6.54 Å². The highest BCUT2D eigenvalue weighted by molar-refractivity contribution is 5.93. The van der Waals surface area contributed by atoms with E-state index in [1.165, 1.54) is 23.1 Å². The van der Waals surface area contributed by atoms with E-state index in [1.807, 2.05) is 0 Å². The van der Waals surface area contributed by atoms with Crippen molar-refractivity contribution < 1.29 is 19.8 Å². The normalized spacial score (nSPS) is 10.5. The van der Waals surface area contributed by atoms with Crippen LogP contribution in [0.2, 0.25) is 0 Å². The molecule has 0 aliphatic heterocycles. The fraction of sp³-hybridized carbons (Fsp3) is 0.231. The van der Waals surface area contributed by atoms with Crippen molar-refractivity contribution >= 4 is 18.0 Å². The van der Waals surface area contributed by atoms with Crippen LogP contribution in [0.1, 0.15) is 12.5 Å². The molecule has 0 fully saturated rings. The lowest BCUT2D eigenvalue weighted by Crippen LogP contribution is -2.34. The molecule has 0 heterocycles. The second-order valence-corrected chi connectivity index (χ2v) is 3.67. The van der Waals surface area contributed by atoms with Gasteiger partial charge in [0.1, 0.15) is 12.3 Å². The monoisotopic (exact) mass is 249 g/mol. The van der Waals surface area contributed by atoms with Gasteiger partial charge in [0.05, 0.1) is 0 Å². The van der Waals surface area contributed by atoms with Crippen molar-refractivity contribution in [2.75, 3.05) is 13.1 Å². The van der Waals surface area contributed by atoms with Crippen LogP contribution in [0, 0.1) is 0 Å². The number of amides is 1. The van der Waals surface area contributed by atoms with Gasteiger partial charge in [0.2, 0.25) is 5.91 Å². The molecule has 5 nitrogen and oxygen atoms in total. The van der Waals surface area contributed by atoms with E-state index in [2.05, 4.69) is 0 Å². The number of phenols is 1. The number of carbonyl (C=O) groups is 2. The second kappa shape index (κ2) is 6.44. The lowest BCUT2D eigenvalue weighted by atomic mass is 10.2. The summed E-state index contributed by atoms with van der Waals surface area (Å²) < 4.78 is 0. The Morgan fingerprint density at radius 3 is 2.39 bits per heavy atom. The van der Waals surface area contributed by atoms with Gasteiger partial charge in [0, 0.05) is 12.6 Å². The van der Waals surface area contributed by atoms with Crippen LogP contribution in [0.15, 0.2) is 30.3 Å². The molecule has 0 atom stereocenters. The fourth-order valence-electron chi connectivity index (χ4n) is 1.37. The molecule has 2 N–H and O–H groups in total. The van der Waals surface area contributed by atoms with Crippen LogP contribution in [0.3, 0.4) is 0 Å². The summed E-state index contributed by atoms with van der Waals surface area (Å²) in [4.78, 5) is 23.4. The predicted molar refractivity (Wildman–Crippen MR) is 67.0 cm³/mol. The minimum atomic E-state index is -1.04. The minimum Gasteiger partial charge on any atom is -0.508 e. The number of phenolic OH excluding ortho intramolecular Hbond substituents is 1. The lowest BCUT2D eigenvalue weighted by Gasteiger charge is -2.15. The molecule has 0 aromatic heterocycles. The van der Waals surface area contributed by atoms with E-state index in [9.17, 15) is 9.59 Å². The maximum atomic E-state index is 11.7. The maximum Gasteiger partial charge on any atom is 0.323 e. The molecular weight excluding hydrogens is 234 g/mol. The summed E-state index contributed by atoms with van der Waals surface area (Å²) in [6, 6.07) is 6.34. The van der Waals surface area contributed by atoms with Crippen LogP contribution in [-0.2, 0) is 9.59 Å². The summed E-state index contributed by atoms with van der Waals surface area (Å²) in [5, 5.41) is 17.7. The third-order valence-electron chi connectivity index (χ3n) is 2.33. The summed E-state index contributed by atoms with van der Waals surface area (Å²) in [6.45, 7) is 1.75. The lowest BCUT2D eigenvalue weighted by molar-refractivity contribution is -0.142. The average Bonchev–Trinajstić information content (AvgIpc) is 2.34. The van der Waals surface area contributed by atoms with Crippen LogP contribution in [0.4, 0.5) is 0 Å². The molecule has 1 amide bonds. The van der Waals surface area contributed by atoms with Crippen molar-refractivity contribution in [2.24, 2.45) is 0 Å². The van der Waals surface area contributed by atoms with Gasteiger partial charge >= 0.3 is 5.97 Å². The van der Waals surface area contributed by atoms with Crippen molar-refractivity contribution in [3.8, 4) is 5.75 Å². The number of aliphatic carboxylic acids is 1. The van der Waals surface area contributed by atoms with E-state index in [1.54, 1.807) is 25.1 Å². The zero-order chi connectivity index (χ0) is 13.5. The predicted octanol–water partition coefficient (Wildman–Crippen LogP) is 1.34. The number of aromatic hydroxyl groups is 1. The maximum absolute atomic E-state index is 11.7. The first kappa shape index (κ1) is 13.8. The number of hydrogen-bond donors (Lipinski definition) is 2. The Bertz CT molecular complexity index is 451. The molecule has 0 radical (unpaired) electrons. The van der Waals surface area contributed by atoms with Crippen LogP contribution in [0.5, 0.6) is 5.75 Å². The zero-order valence-corrected chi connectivity index (χ0v) is 10.0. The van der Waals surface area contributed by atoms with Crippen LogP contribution in [0.25, 0.3) is 6.08 Å². The summed E-state index contributed by atoms with van der Waals surface area (Å²) >= 11 is 0. The standard InChI is InChI=1S/C13H15NO4/c1-2-14(9-13(17)18)12(16)8-5-10-3-6-11(15)7-4-10/h3-8,15H,2,9H2,1H3,(H,17,18). The van der Waals surface area contributed by atoms with Gasteiger partial charge in [-0.1, -0.05) is 12.1 Å². The topological polar surface area (TPSA) is 77.8 Å². The number of carboxylic acids is 1. The van der Waals surface area contributed by atoms with Gasteiger partial charge in [-0.25, -0.2) is 0 Å². The quantitative estimate of drug-likeness (QED) is 0.772. The Labute approximate surface area is 105 Å². The van der Waals surface area contributed by atoms with E-state index in [4.69, 9.17) is 10.2 Å². The van der Waals surface area contributed by atoms with E-state index in [-0.39, 0.29) is 18.2 Å². The Hall–Kier alpha value is -2.30. The van der Waals surface area contributed by atoms with Crippen molar-refractivity contribution in [3.63, 3.8) is 0 Å². The van der Waals surface area contributed by atoms with Crippen LogP contribution in [-0.4, -0.2) is 40.1 Å². The second-order valence-electron chi connectivity index (χ2n) is 3.67. The van der Waals surface area contributed by atoms with Crippen molar-refractivity contribution in [2.45, 2.75) is 6.92 Å². The van der Waals surface area contributed by atoms with Crippen molar-refractivity contribution in [1.82, 2.24) is 4.90 Å². The fourth-order valence-corrected chi connectivity index (χ4v) is 1.37. The van der Waals surface area contributed by atoms with Crippen LogP contribution >= 0.6 is 0 Å². The van der Waals surface area contributed by atoms with Crippen molar-refractivity contribution in [1.29, 1.82) is 0 Å². The number of likely N-dealkylation sites (N-methyl/N-ethyl adjacent to an activating group) is 1. The third kappa shape index (κ3) is 4.29. The Morgan fingerprint density at radius 1 is 1.28 bits per heavy atom. The molecule has 0 spiro atoms. The third-order valence-corrected chi connectivity index (χ3v) is 2.33. The number of rotatable bonds is 5. The van der Waals surface area contributed by atoms with Gasteiger partial charge in [-0.3, -0.25) is 9.59 Å². The van der Waals surface area contributed by atoms with E-state index in [0.717, 1.165) is 5.56 Å². The average molecular weight is 249 g/mol. The highest BCUT2D eigenvalue weighted by Crippen LogP contribution is 2.10. The summed E-state index contributed by atoms with van der Waals surface area (Å²) in [7, 11) is 0. The van der Waals surface area contributed by atoms with E-state index >= 15 is 0 Å². The number of carbonyl (C=O) groups excluding carboxylic acids is 1. The molecule has 0 aliphatic rings. The summed E-state index contributed by atoms with van der Waals surface area (Å²) in [5.41, 5.74) is 0.757. The van der Waals surface area contributed by atoms with Gasteiger partial charge in [-0.15, -0.1) is 0 Å². The molecule has 0 aliphatic carbocycles. The highest BCUT2D eigenvalue weighted by atomic mass is 16.4. The number of carboxylic acid groups (broad SMARTS) is 1. The molecule has 0 saturated carbocycles. The Morgan fingerprint density at radius 2 is 1.89 bits per heavy atom. The Balaban J connectivity index is 2.67. The molecular formula is C13H15NO4. The van der Waals surface area contributed by atoms with E-state index < -0.39 is 5.97 Å². The summed E-state index contributed by atoms with van der Waals surface area (Å²) in [6.07, 6.45) is 2.89. The largest absolute Gasteiger partial charge is 0.508 e. The van der Waals surface area contributed by atoms with Gasteiger partial charge in [0.15, 0.2) is 0 Å². The molecule has 1 rings (SSSR count). The smallest absolute Gasteiger partial charge is 0.323 e. The first-order chi connectivity index (χ1) is 8.52. The molecule has 0 unspecified atom stereocenters. The van der Waals surface area contributed by atoms with Crippen molar-refractivity contribution in [3.05, 3.63) is 35.9 Å². The SMILES string of the molecule is CCN(CC(=O)O)C(=O)C=Cc1ccc(O)cc1. The molecule has 96 valence electrons. The molecule has 18 heavy (non-hydrogen) atoms. The number of benzene rings is 1.